The summed E-state index contributed by atoms with van der Waals surface area (Å²) in [7, 11) is 0. The molecule has 1 aliphatic carbocycles. The molecule has 0 amide bonds. The van der Waals surface area contributed by atoms with E-state index in [1.807, 2.05) is 5.57 Å². The summed E-state index contributed by atoms with van der Waals surface area (Å²) in [6.07, 6.45) is 8.87. The van der Waals surface area contributed by atoms with E-state index in [1.165, 1.54) is 13.7 Å². The van der Waals surface area contributed by atoms with Crippen molar-refractivity contribution in [2.75, 3.05) is 0 Å². The molecule has 11 aliphatic rings. The summed E-state index contributed by atoms with van der Waals surface area (Å²) in [5, 5.41) is 0. The van der Waals surface area contributed by atoms with E-state index in [-0.39, 0.29) is 24.8 Å². The summed E-state index contributed by atoms with van der Waals surface area (Å²) in [5.41, 5.74) is 2.04. The molecule has 18 heavy (non-hydrogen) atoms. The smallest absolute Gasteiger partial charge is 0.147 e. The molecule has 10 fully saturated rings. The van der Waals surface area contributed by atoms with Crippen LogP contribution in [0.5, 0.6) is 0 Å². The molecular weight excluding hydrogens is 342 g/mol. The van der Waals surface area contributed by atoms with Crippen molar-refractivity contribution in [3.05, 3.63) is 23.8 Å². The molecule has 0 aromatic heterocycles. The Kier molecular flexibility index (Phi) is 0.325. The molecule has 0 N–H and O–H groups in total. The Labute approximate surface area is 101 Å². The second-order valence-corrected chi connectivity index (χ2v) is 66.6. The molecule has 4 atom stereocenters. The third-order valence-corrected chi connectivity index (χ3v) is 116. The van der Waals surface area contributed by atoms with Gasteiger partial charge in [-0.15, -0.1) is 24.8 Å². The first-order valence-electron chi connectivity index (χ1n) is 8.06. The largest absolute Gasteiger partial charge is 0.147 e. The average Bonchev–Trinajstić information content (AvgIpc) is 3.20. The predicted octanol–water partition coefficient (Wildman–Crippen LogP) is 5.48. The SMILES string of the molecule is C1=CCC([C]23[CH]4[CH]5[CH]6[CH]2[Zr]56432789[CH]3[CH]2[CH]7[CH]8[CH]39)=C1.Cl.Cl. The number of hydrogen-bond donors (Lipinski definition) is 0. The zero-order valence-electron chi connectivity index (χ0n) is 9.95. The Hall–Kier alpha value is 0.943. The number of rotatable bonds is 1. The fraction of sp³-hybridized carbons (Fsp3) is 0.733. The van der Waals surface area contributed by atoms with Gasteiger partial charge in [0.2, 0.25) is 0 Å². The van der Waals surface area contributed by atoms with Crippen molar-refractivity contribution in [2.45, 2.75) is 42.2 Å². The molecule has 94 valence electrons. The Morgan fingerprint density at radius 1 is 0.889 bits per heavy atom. The summed E-state index contributed by atoms with van der Waals surface area (Å²) in [6.45, 7) is 0. The van der Waals surface area contributed by atoms with E-state index in [9.17, 15) is 0 Å². The molecular formula is C15H16Cl2Zr. The summed E-state index contributed by atoms with van der Waals surface area (Å²) >= 11 is -3.25. The van der Waals surface area contributed by atoms with Crippen LogP contribution in [0.1, 0.15) is 6.42 Å². The van der Waals surface area contributed by atoms with Crippen molar-refractivity contribution in [1.82, 2.24) is 0 Å². The normalized spacial score (nSPS) is 115. The van der Waals surface area contributed by atoms with Crippen molar-refractivity contribution in [1.29, 1.82) is 0 Å². The molecule has 4 unspecified atom stereocenters. The molecule has 0 radical (unpaired) electrons. The minimum atomic E-state index is -3.25. The van der Waals surface area contributed by atoms with Gasteiger partial charge in [-0.1, -0.05) is 0 Å². The van der Waals surface area contributed by atoms with Crippen LogP contribution in [-0.2, 0) is 11.4 Å². The molecule has 0 aromatic rings. The Morgan fingerprint density at radius 3 is 1.72 bits per heavy atom. The minimum absolute atomic E-state index is 0. The first-order valence-corrected chi connectivity index (χ1v) is 22.1. The summed E-state index contributed by atoms with van der Waals surface area (Å²) in [6, 6.07) is 0. The molecule has 0 bridgehead atoms. The van der Waals surface area contributed by atoms with E-state index < -0.39 is 11.4 Å². The Morgan fingerprint density at radius 2 is 1.44 bits per heavy atom. The zero-order valence-corrected chi connectivity index (χ0v) is 14.0. The number of halogens is 2. The van der Waals surface area contributed by atoms with Gasteiger partial charge in [0.25, 0.3) is 0 Å². The van der Waals surface area contributed by atoms with Crippen molar-refractivity contribution < 1.29 is 11.4 Å². The maximum atomic E-state index is 2.61. The van der Waals surface area contributed by atoms with Gasteiger partial charge >= 0.3 is 77.3 Å². The van der Waals surface area contributed by atoms with Gasteiger partial charge in [-0.3, -0.25) is 0 Å². The van der Waals surface area contributed by atoms with Crippen molar-refractivity contribution in [2.24, 2.45) is 0 Å². The second-order valence-electron chi connectivity index (χ2n) is 14.1. The third-order valence-electron chi connectivity index (χ3n) is 21.6. The van der Waals surface area contributed by atoms with Gasteiger partial charge in [0.1, 0.15) is 0 Å². The summed E-state index contributed by atoms with van der Waals surface area (Å²) in [4.78, 5) is 0. The van der Waals surface area contributed by atoms with Crippen LogP contribution in [0.4, 0.5) is 0 Å². The van der Waals surface area contributed by atoms with Gasteiger partial charge in [-0.2, -0.15) is 0 Å². The molecule has 11 rings (SSSR count). The molecule has 3 heteroatoms. The van der Waals surface area contributed by atoms with Crippen LogP contribution < -0.4 is 0 Å². The maximum Gasteiger partial charge on any atom is -0.147 e. The second kappa shape index (κ2) is 0.697. The van der Waals surface area contributed by atoms with Crippen LogP contribution in [0.15, 0.2) is 23.8 Å². The number of fused-ring (bicyclic) bond motifs is 10. The zero-order chi connectivity index (χ0) is 9.42. The quantitative estimate of drug-likeness (QED) is 0.583. The predicted molar refractivity (Wildman–Crippen MR) is 72.8 cm³/mol. The van der Waals surface area contributed by atoms with Gasteiger partial charge in [0.15, 0.2) is 0 Å². The fourth-order valence-corrected chi connectivity index (χ4v) is 251. The van der Waals surface area contributed by atoms with Gasteiger partial charge in [0, 0.05) is 0 Å². The van der Waals surface area contributed by atoms with Crippen LogP contribution in [0.2, 0.25) is 35.8 Å². The van der Waals surface area contributed by atoms with Crippen LogP contribution in [0, 0.1) is 0 Å². The van der Waals surface area contributed by atoms with Gasteiger partial charge in [-0.05, 0) is 0 Å². The summed E-state index contributed by atoms with van der Waals surface area (Å²) in [5.74, 6) is 0. The first-order chi connectivity index (χ1) is 7.65. The monoisotopic (exact) mass is 356 g/mol. The maximum absolute atomic E-state index is 3.25. The molecule has 0 aromatic carbocycles. The minimum Gasteiger partial charge on any atom is -0.147 e. The van der Waals surface area contributed by atoms with E-state index in [1.54, 1.807) is 25.4 Å². The standard InChI is InChI=1S/C10H9.C5H5.2ClH.Zr/c1-2-6-9(5-1)10-7-3-4-8-10;1-2-4-5-3-1;;;/h1-7H,8H2;1-5H;2*1H;. The Bertz CT molecular complexity index is 969. The van der Waals surface area contributed by atoms with Crippen molar-refractivity contribution in [3.8, 4) is 0 Å². The van der Waals surface area contributed by atoms with Gasteiger partial charge < -0.3 is 0 Å². The first kappa shape index (κ1) is 8.40. The molecule has 10 saturated heterocycles. The van der Waals surface area contributed by atoms with Crippen molar-refractivity contribution in [3.63, 3.8) is 0 Å². The van der Waals surface area contributed by atoms with E-state index in [0.29, 0.717) is 0 Å². The van der Waals surface area contributed by atoms with E-state index in [4.69, 9.17) is 0 Å². The average molecular weight is 358 g/mol. The topological polar surface area (TPSA) is 0 Å². The van der Waals surface area contributed by atoms with Crippen LogP contribution in [0.25, 0.3) is 0 Å². The van der Waals surface area contributed by atoms with E-state index in [2.05, 4.69) is 18.2 Å². The van der Waals surface area contributed by atoms with E-state index in [0.717, 1.165) is 3.12 Å². The number of hydrogen-bond acceptors (Lipinski definition) is 0. The van der Waals surface area contributed by atoms with Crippen LogP contribution in [0.3, 0.4) is 0 Å². The van der Waals surface area contributed by atoms with Crippen LogP contribution in [-0.4, -0.2) is 0 Å². The number of allylic oxidation sites excluding steroid dienone is 4. The van der Waals surface area contributed by atoms with Gasteiger partial charge in [0.05, 0.1) is 0 Å². The molecule has 10 aliphatic heterocycles. The fourth-order valence-electron chi connectivity index (χ4n) is 25.6. The molecule has 10 heterocycles. The van der Waals surface area contributed by atoms with Gasteiger partial charge in [-0.25, -0.2) is 0 Å². The molecule has 0 nitrogen and oxygen atoms in total. The summed E-state index contributed by atoms with van der Waals surface area (Å²) < 4.78 is 14.9. The Balaban J connectivity index is 0.000000338. The van der Waals surface area contributed by atoms with Crippen molar-refractivity contribution >= 4 is 24.8 Å². The van der Waals surface area contributed by atoms with Crippen LogP contribution >= 0.6 is 24.8 Å². The third kappa shape index (κ3) is 0.0836. The molecule has 1 spiro atoms. The van der Waals surface area contributed by atoms with E-state index >= 15 is 0 Å². The molecule has 0 saturated carbocycles.